The normalized spacial score (nSPS) is 14.4. The van der Waals surface area contributed by atoms with Gasteiger partial charge in [0.25, 0.3) is 0 Å². The van der Waals surface area contributed by atoms with Gasteiger partial charge in [-0.3, -0.25) is 52.9 Å². The minimum Gasteiger partial charge on any atom is -0.481 e. The highest BCUT2D eigenvalue weighted by Gasteiger charge is 2.37. The first-order valence-corrected chi connectivity index (χ1v) is 31.4. The number of hydrogen-bond donors (Lipinski definition) is 17. The number of aliphatic carboxylic acids is 1. The summed E-state index contributed by atoms with van der Waals surface area (Å²) in [7, 11) is 0. The zero-order chi connectivity index (χ0) is 67.8. The Hall–Kier alpha value is -9.74. The number of nitrogens with one attached hydrogen (secondary N) is 10. The first-order valence-electron chi connectivity index (χ1n) is 31.4. The summed E-state index contributed by atoms with van der Waals surface area (Å²) in [6.45, 7) is 4.26. The number of carbonyl (C=O) groups excluding carboxylic acids is 9. The third kappa shape index (κ3) is 25.1. The second-order valence-corrected chi connectivity index (χ2v) is 23.0. The first kappa shape index (κ1) is 74.0. The molecule has 0 unspecified atom stereocenters. The first-order chi connectivity index (χ1) is 44.6. The summed E-state index contributed by atoms with van der Waals surface area (Å²) < 4.78 is 0. The number of aliphatic imine (C=N–C) groups is 1. The summed E-state index contributed by atoms with van der Waals surface area (Å²) >= 11 is 0. The van der Waals surface area contributed by atoms with Crippen LogP contribution in [-0.2, 0) is 73.6 Å². The molecule has 0 saturated carbocycles. The Morgan fingerprint density at radius 3 is 1.51 bits per heavy atom. The predicted octanol–water partition coefficient (Wildman–Crippen LogP) is -0.925. The molecule has 9 amide bonds. The molecular formula is C64H92N18O11. The largest absolute Gasteiger partial charge is 0.481 e. The monoisotopic (exact) mass is 1290 g/mol. The quantitative estimate of drug-likeness (QED) is 0.0128. The fraction of sp³-hybridized carbons (Fsp3) is 0.469. The molecule has 3 aromatic carbocycles. The number of fused-ring (bicyclic) bond motifs is 1. The van der Waals surface area contributed by atoms with Gasteiger partial charge in [-0.1, -0.05) is 99.1 Å². The average Bonchev–Trinajstić information content (AvgIpc) is 1.81. The van der Waals surface area contributed by atoms with Gasteiger partial charge in [0, 0.05) is 67.6 Å². The van der Waals surface area contributed by atoms with Gasteiger partial charge in [-0.25, -0.2) is 4.98 Å². The number of para-hydroxylation sites is 1. The summed E-state index contributed by atoms with van der Waals surface area (Å²) in [5, 5.41) is 32.1. The van der Waals surface area contributed by atoms with Crippen LogP contribution in [0, 0.1) is 5.92 Å². The molecule has 93 heavy (non-hydrogen) atoms. The number of aromatic amines is 2. The van der Waals surface area contributed by atoms with Crippen molar-refractivity contribution in [2.24, 2.45) is 45.3 Å². The van der Waals surface area contributed by atoms with Crippen molar-refractivity contribution in [2.75, 3.05) is 19.6 Å². The van der Waals surface area contributed by atoms with Gasteiger partial charge >= 0.3 is 5.97 Å². The summed E-state index contributed by atoms with van der Waals surface area (Å²) in [6.07, 6.45) is 5.88. The number of rotatable bonds is 42. The van der Waals surface area contributed by atoms with Crippen LogP contribution >= 0.6 is 0 Å². The Kier molecular flexibility index (Phi) is 30.9. The number of carboxylic acid groups (broad SMARTS) is 1. The SMILES string of the molecule is CC[C@@H](C)[C@H](NC(=O)[C@@H](Cc1ccccc1)NC(=O)[C@@H](Cc1c[nH]c2ccccc12)NC(=O)[C@@H](N)CCCN=C(N)N)C(=O)N[C@H](Cc1ccccc1)C(=O)N[C@@H](Cc1cnc[nH]1)C(=O)N[C@@H](CCCCN)C(=O)N[C@@H](CCCCN)C(=O)N[C@@H](CCC(=O)O)C(N)=O. The van der Waals surface area contributed by atoms with E-state index >= 15 is 0 Å². The topological polar surface area (TPSA) is 500 Å². The summed E-state index contributed by atoms with van der Waals surface area (Å²) in [6, 6.07) is 13.1. The zero-order valence-corrected chi connectivity index (χ0v) is 52.7. The van der Waals surface area contributed by atoms with E-state index in [4.69, 9.17) is 34.4 Å². The Labute approximate surface area is 540 Å². The molecule has 10 atom stereocenters. The lowest BCUT2D eigenvalue weighted by Gasteiger charge is -2.30. The Bertz CT molecular complexity index is 3250. The number of hydrogen-bond acceptors (Lipinski definition) is 15. The van der Waals surface area contributed by atoms with E-state index in [1.165, 1.54) is 12.5 Å². The Morgan fingerprint density at radius 1 is 0.527 bits per heavy atom. The van der Waals surface area contributed by atoms with Gasteiger partial charge in [0.05, 0.1) is 12.4 Å². The van der Waals surface area contributed by atoms with Gasteiger partial charge in [0.15, 0.2) is 5.96 Å². The number of unbranched alkanes of at least 4 members (excludes halogenated alkanes) is 2. The highest BCUT2D eigenvalue weighted by Crippen LogP contribution is 2.20. The molecule has 29 nitrogen and oxygen atoms in total. The lowest BCUT2D eigenvalue weighted by atomic mass is 9.96. The van der Waals surface area contributed by atoms with Crippen molar-refractivity contribution in [3.8, 4) is 0 Å². The fourth-order valence-corrected chi connectivity index (χ4v) is 10.3. The van der Waals surface area contributed by atoms with Crippen LogP contribution in [0.2, 0.25) is 0 Å². The van der Waals surface area contributed by atoms with Gasteiger partial charge in [0.1, 0.15) is 48.3 Å². The molecule has 0 fully saturated rings. The Morgan fingerprint density at radius 2 is 1.00 bits per heavy atom. The number of carboxylic acids is 1. The summed E-state index contributed by atoms with van der Waals surface area (Å²) in [5.41, 5.74) is 37.5. The molecule has 0 bridgehead atoms. The van der Waals surface area contributed by atoms with Crippen molar-refractivity contribution in [3.05, 3.63) is 126 Å². The molecule has 23 N–H and O–H groups in total. The smallest absolute Gasteiger partial charge is 0.303 e. The summed E-state index contributed by atoms with van der Waals surface area (Å²) in [5.74, 6) is -9.13. The number of H-pyrrole nitrogens is 2. The van der Waals surface area contributed by atoms with Crippen molar-refractivity contribution in [3.63, 3.8) is 0 Å². The Balaban J connectivity index is 1.43. The highest BCUT2D eigenvalue weighted by molar-refractivity contribution is 5.99. The number of guanidine groups is 1. The van der Waals surface area contributed by atoms with Crippen LogP contribution in [0.5, 0.6) is 0 Å². The molecule has 2 heterocycles. The fourth-order valence-electron chi connectivity index (χ4n) is 10.3. The molecule has 0 spiro atoms. The van der Waals surface area contributed by atoms with Crippen molar-refractivity contribution >= 4 is 76.0 Å². The molecule has 0 aliphatic rings. The van der Waals surface area contributed by atoms with E-state index < -0.39 is 126 Å². The number of primary amides is 1. The van der Waals surface area contributed by atoms with Crippen molar-refractivity contribution in [1.29, 1.82) is 0 Å². The van der Waals surface area contributed by atoms with Crippen LogP contribution < -0.4 is 76.9 Å². The predicted molar refractivity (Wildman–Crippen MR) is 349 cm³/mol. The van der Waals surface area contributed by atoms with E-state index in [2.05, 4.69) is 62.5 Å². The third-order valence-electron chi connectivity index (χ3n) is 15.7. The molecule has 2 aromatic heterocycles. The highest BCUT2D eigenvalue weighted by atomic mass is 16.4. The lowest BCUT2D eigenvalue weighted by molar-refractivity contribution is -0.138. The minimum atomic E-state index is -1.45. The molecule has 0 saturated heterocycles. The van der Waals surface area contributed by atoms with E-state index in [1.54, 1.807) is 73.8 Å². The third-order valence-corrected chi connectivity index (χ3v) is 15.7. The number of aromatic nitrogens is 3. The van der Waals surface area contributed by atoms with E-state index in [1.807, 2.05) is 31.2 Å². The maximum atomic E-state index is 15.0. The van der Waals surface area contributed by atoms with Gasteiger partial charge in [0.2, 0.25) is 53.2 Å². The molecule has 0 aliphatic carbocycles. The van der Waals surface area contributed by atoms with E-state index in [9.17, 15) is 53.1 Å². The van der Waals surface area contributed by atoms with Crippen LogP contribution in [0.25, 0.3) is 10.9 Å². The molecule has 29 heteroatoms. The number of benzene rings is 3. The summed E-state index contributed by atoms with van der Waals surface area (Å²) in [4.78, 5) is 154. The van der Waals surface area contributed by atoms with Crippen molar-refractivity contribution < 1.29 is 53.1 Å². The van der Waals surface area contributed by atoms with Gasteiger partial charge in [-0.2, -0.15) is 0 Å². The van der Waals surface area contributed by atoms with Crippen LogP contribution in [-0.4, -0.2) is 159 Å². The zero-order valence-electron chi connectivity index (χ0n) is 52.7. The van der Waals surface area contributed by atoms with E-state index in [0.29, 0.717) is 60.9 Å². The number of nitrogens with zero attached hydrogens (tertiary/aromatic N) is 2. The molecule has 0 aliphatic heterocycles. The number of imidazole rings is 1. The maximum Gasteiger partial charge on any atom is 0.303 e. The van der Waals surface area contributed by atoms with E-state index in [-0.39, 0.29) is 77.0 Å². The van der Waals surface area contributed by atoms with E-state index in [0.717, 1.165) is 10.9 Å². The van der Waals surface area contributed by atoms with Crippen LogP contribution in [0.1, 0.15) is 107 Å². The standard InChI is InChI=1S/C64H92N18O11/c1-3-38(2)54(82-62(92)50(32-40-19-8-5-9-20-40)79-60(90)51(33-41-35-73-45-23-11-10-21-43(41)45)78-56(86)44(67)22-16-30-72-64(69)70)63(93)81-49(31-39-17-6-4-7-18-39)59(89)80-52(34-42-36-71-37-74-42)61(91)77-48(25-13-15-29-66)58(88)76-47(24-12-14-28-65)57(87)75-46(55(68)85)26-27-53(83)84/h4-11,17-21,23,35-38,44,46-52,54,73H,3,12-16,22,24-34,65-67H2,1-2H3,(H2,68,85)(H,71,74)(H,75,87)(H,76,88)(H,77,91)(H,78,86)(H,79,90)(H,80,89)(H,81,93)(H,82,92)(H,83,84)(H4,69,70,72)/t38-,44+,46+,47+,48+,49-,50-,51-,52+,54+/m1/s1. The number of nitrogens with two attached hydrogens (primary N) is 6. The van der Waals surface area contributed by atoms with Crippen molar-refractivity contribution in [2.45, 2.75) is 165 Å². The lowest BCUT2D eigenvalue weighted by Crippen LogP contribution is -2.62. The van der Waals surface area contributed by atoms with Gasteiger partial charge < -0.3 is 92.0 Å². The molecule has 5 rings (SSSR count). The number of carbonyl (C=O) groups is 10. The molecule has 0 radical (unpaired) electrons. The van der Waals surface area contributed by atoms with Crippen LogP contribution in [0.15, 0.2) is 109 Å². The van der Waals surface area contributed by atoms with Crippen LogP contribution in [0.3, 0.4) is 0 Å². The van der Waals surface area contributed by atoms with Gasteiger partial charge in [-0.05, 0) is 99.6 Å². The second kappa shape index (κ2) is 38.8. The minimum absolute atomic E-state index is 0.0165. The maximum absolute atomic E-state index is 15.0. The van der Waals surface area contributed by atoms with Crippen molar-refractivity contribution in [1.82, 2.24) is 57.5 Å². The number of amides is 9. The van der Waals surface area contributed by atoms with Crippen LogP contribution in [0.4, 0.5) is 0 Å². The molecular weight excluding hydrogens is 1200 g/mol. The second-order valence-electron chi connectivity index (χ2n) is 23.0. The molecule has 504 valence electrons. The average molecular weight is 1290 g/mol. The molecule has 5 aromatic rings. The van der Waals surface area contributed by atoms with Gasteiger partial charge in [-0.15, -0.1) is 0 Å².